The molecule has 2 N–H and O–H groups in total. The third-order valence-corrected chi connectivity index (χ3v) is 4.12. The highest BCUT2D eigenvalue weighted by Crippen LogP contribution is 2.31. The van der Waals surface area contributed by atoms with E-state index in [1.54, 1.807) is 20.1 Å². The summed E-state index contributed by atoms with van der Waals surface area (Å²) >= 11 is 0. The van der Waals surface area contributed by atoms with Crippen LogP contribution in [0.3, 0.4) is 0 Å². The Kier molecular flexibility index (Phi) is 4.30. The quantitative estimate of drug-likeness (QED) is 0.858. The zero-order valence-corrected chi connectivity index (χ0v) is 11.9. The number of nitrogens with zero attached hydrogens (tertiary/aromatic N) is 1. The average Bonchev–Trinajstić information content (AvgIpc) is 2.81. The minimum Gasteiger partial charge on any atom is -0.497 e. The lowest BCUT2D eigenvalue weighted by Gasteiger charge is -2.32. The number of hydrogen-bond donors (Lipinski definition) is 2. The van der Waals surface area contributed by atoms with Crippen molar-refractivity contribution in [3.8, 4) is 5.75 Å². The van der Waals surface area contributed by atoms with E-state index in [4.69, 9.17) is 4.74 Å². The van der Waals surface area contributed by atoms with E-state index in [0.29, 0.717) is 25.3 Å². The van der Waals surface area contributed by atoms with E-state index in [1.165, 1.54) is 0 Å². The summed E-state index contributed by atoms with van der Waals surface area (Å²) in [5.41, 5.74) is -0.135. The molecule has 2 rings (SSSR count). The number of aliphatic hydroxyl groups is 1. The molecule has 0 aliphatic carbocycles. The monoisotopic (exact) mass is 279 g/mol. The van der Waals surface area contributed by atoms with E-state index in [2.05, 4.69) is 0 Å². The fraction of sp³-hybridized carbons (Fsp3) is 0.533. The molecule has 110 valence electrons. The number of carboxylic acids is 1. The Bertz CT molecular complexity index is 491. The number of aliphatic hydroxyl groups excluding tert-OH is 1. The summed E-state index contributed by atoms with van der Waals surface area (Å²) in [6.07, 6.45) is 0.739. The number of benzene rings is 1. The number of carboxylic acid groups (broad SMARTS) is 1. The van der Waals surface area contributed by atoms with Crippen LogP contribution in [0.15, 0.2) is 24.3 Å². The Balaban J connectivity index is 2.11. The van der Waals surface area contributed by atoms with Crippen molar-refractivity contribution in [1.82, 2.24) is 4.90 Å². The van der Waals surface area contributed by atoms with E-state index < -0.39 is 17.6 Å². The predicted molar refractivity (Wildman–Crippen MR) is 74.8 cm³/mol. The molecule has 1 aliphatic heterocycles. The molecule has 5 heteroatoms. The van der Waals surface area contributed by atoms with Crippen molar-refractivity contribution in [1.29, 1.82) is 0 Å². The minimum atomic E-state index is -0.875. The van der Waals surface area contributed by atoms with Crippen molar-refractivity contribution in [2.75, 3.05) is 20.2 Å². The first kappa shape index (κ1) is 14.8. The summed E-state index contributed by atoms with van der Waals surface area (Å²) in [4.78, 5) is 13.3. The van der Waals surface area contributed by atoms with Crippen LogP contribution in [-0.4, -0.2) is 46.8 Å². The van der Waals surface area contributed by atoms with Gasteiger partial charge in [0.05, 0.1) is 13.2 Å². The molecule has 20 heavy (non-hydrogen) atoms. The molecule has 0 spiro atoms. The maximum absolute atomic E-state index is 11.4. The third kappa shape index (κ3) is 2.78. The highest BCUT2D eigenvalue weighted by Gasteiger charge is 2.43. The van der Waals surface area contributed by atoms with Crippen LogP contribution in [0.1, 0.15) is 31.4 Å². The van der Waals surface area contributed by atoms with Crippen molar-refractivity contribution in [2.45, 2.75) is 31.4 Å². The standard InChI is InChI=1S/C15H21NO4/c1-15(14(18)19)7-4-8-16(15)10-13(17)11-5-3-6-12(9-11)20-2/h3,5-6,9,13,17H,4,7-8,10H2,1-2H3,(H,18,19). The van der Waals surface area contributed by atoms with Crippen molar-refractivity contribution in [3.05, 3.63) is 29.8 Å². The van der Waals surface area contributed by atoms with E-state index in [0.717, 1.165) is 12.0 Å². The summed E-state index contributed by atoms with van der Waals surface area (Å²) in [5.74, 6) is -0.142. The second-order valence-corrected chi connectivity index (χ2v) is 5.42. The van der Waals surface area contributed by atoms with Gasteiger partial charge in [0.15, 0.2) is 0 Å². The van der Waals surface area contributed by atoms with Crippen molar-refractivity contribution in [2.24, 2.45) is 0 Å². The van der Waals surface area contributed by atoms with Crippen LogP contribution in [0.4, 0.5) is 0 Å². The molecule has 2 unspecified atom stereocenters. The van der Waals surface area contributed by atoms with Crippen LogP contribution >= 0.6 is 0 Å². The zero-order chi connectivity index (χ0) is 14.8. The number of aliphatic carboxylic acids is 1. The van der Waals surface area contributed by atoms with Gasteiger partial charge in [-0.3, -0.25) is 9.69 Å². The van der Waals surface area contributed by atoms with Gasteiger partial charge in [0.2, 0.25) is 0 Å². The molecule has 1 fully saturated rings. The highest BCUT2D eigenvalue weighted by atomic mass is 16.5. The van der Waals surface area contributed by atoms with E-state index in [1.807, 2.05) is 23.1 Å². The van der Waals surface area contributed by atoms with Gasteiger partial charge in [0, 0.05) is 6.54 Å². The van der Waals surface area contributed by atoms with Gasteiger partial charge in [-0.05, 0) is 44.0 Å². The molecule has 1 saturated heterocycles. The van der Waals surface area contributed by atoms with Crippen molar-refractivity contribution in [3.63, 3.8) is 0 Å². The Hall–Kier alpha value is -1.59. The number of methoxy groups -OCH3 is 1. The van der Waals surface area contributed by atoms with E-state index in [9.17, 15) is 15.0 Å². The molecule has 1 aliphatic rings. The first-order valence-corrected chi connectivity index (χ1v) is 6.78. The molecule has 2 atom stereocenters. The van der Waals surface area contributed by atoms with E-state index >= 15 is 0 Å². The maximum Gasteiger partial charge on any atom is 0.323 e. The molecule has 0 bridgehead atoms. The first-order valence-electron chi connectivity index (χ1n) is 6.78. The summed E-state index contributed by atoms with van der Waals surface area (Å²) in [7, 11) is 1.58. The second kappa shape index (κ2) is 5.81. The third-order valence-electron chi connectivity index (χ3n) is 4.12. The Morgan fingerprint density at radius 3 is 2.95 bits per heavy atom. The molecular weight excluding hydrogens is 258 g/mol. The lowest BCUT2D eigenvalue weighted by atomic mass is 9.98. The van der Waals surface area contributed by atoms with Gasteiger partial charge in [-0.25, -0.2) is 0 Å². The number of likely N-dealkylation sites (tertiary alicyclic amines) is 1. The lowest BCUT2D eigenvalue weighted by molar-refractivity contribution is -0.149. The van der Waals surface area contributed by atoms with Crippen molar-refractivity contribution < 1.29 is 19.7 Å². The van der Waals surface area contributed by atoms with Crippen LogP contribution in [0.25, 0.3) is 0 Å². The van der Waals surface area contributed by atoms with Crippen molar-refractivity contribution >= 4 is 5.97 Å². The first-order chi connectivity index (χ1) is 9.47. The highest BCUT2D eigenvalue weighted by molar-refractivity contribution is 5.78. The summed E-state index contributed by atoms with van der Waals surface area (Å²) in [6, 6.07) is 7.23. The second-order valence-electron chi connectivity index (χ2n) is 5.42. The summed E-state index contributed by atoms with van der Waals surface area (Å²) in [5, 5.41) is 19.7. The molecule has 1 aromatic rings. The van der Waals surface area contributed by atoms with Gasteiger partial charge in [-0.2, -0.15) is 0 Å². The fourth-order valence-electron chi connectivity index (χ4n) is 2.72. The molecule has 0 saturated carbocycles. The zero-order valence-electron chi connectivity index (χ0n) is 11.9. The normalized spacial score (nSPS) is 24.6. The molecule has 5 nitrogen and oxygen atoms in total. The molecule has 0 radical (unpaired) electrons. The minimum absolute atomic E-state index is 0.315. The predicted octanol–water partition coefficient (Wildman–Crippen LogP) is 1.67. The number of hydrogen-bond acceptors (Lipinski definition) is 4. The smallest absolute Gasteiger partial charge is 0.323 e. The number of β-amino-alcohol motifs (C(OH)–C–C–N with tert-alkyl or cyclic N) is 1. The van der Waals surface area contributed by atoms with Gasteiger partial charge in [-0.15, -0.1) is 0 Å². The Labute approximate surface area is 118 Å². The van der Waals surface area contributed by atoms with Crippen LogP contribution in [-0.2, 0) is 4.79 Å². The Morgan fingerprint density at radius 1 is 1.55 bits per heavy atom. The van der Waals surface area contributed by atoms with Crippen LogP contribution in [0, 0.1) is 0 Å². The number of carbonyl (C=O) groups is 1. The molecule has 1 heterocycles. The van der Waals surface area contributed by atoms with Gasteiger partial charge < -0.3 is 14.9 Å². The van der Waals surface area contributed by atoms with Crippen LogP contribution in [0.5, 0.6) is 5.75 Å². The number of ether oxygens (including phenoxy) is 1. The maximum atomic E-state index is 11.4. The van der Waals surface area contributed by atoms with E-state index in [-0.39, 0.29) is 0 Å². The summed E-state index contributed by atoms with van der Waals surface area (Å²) in [6.45, 7) is 2.74. The molecule has 0 amide bonds. The van der Waals surface area contributed by atoms with Gasteiger partial charge in [-0.1, -0.05) is 12.1 Å². The topological polar surface area (TPSA) is 70.0 Å². The molecule has 1 aromatic carbocycles. The Morgan fingerprint density at radius 2 is 2.30 bits per heavy atom. The SMILES string of the molecule is COc1cccc(C(O)CN2CCCC2(C)C(=O)O)c1. The van der Waals surface area contributed by atoms with Crippen LogP contribution < -0.4 is 4.74 Å². The van der Waals surface area contributed by atoms with Crippen LogP contribution in [0.2, 0.25) is 0 Å². The molecule has 0 aromatic heterocycles. The average molecular weight is 279 g/mol. The fourth-order valence-corrected chi connectivity index (χ4v) is 2.72. The largest absolute Gasteiger partial charge is 0.497 e. The number of rotatable bonds is 5. The van der Waals surface area contributed by atoms with Gasteiger partial charge >= 0.3 is 5.97 Å². The molecular formula is C15H21NO4. The van der Waals surface area contributed by atoms with Gasteiger partial charge in [0.25, 0.3) is 0 Å². The van der Waals surface area contributed by atoms with Gasteiger partial charge in [0.1, 0.15) is 11.3 Å². The summed E-state index contributed by atoms with van der Waals surface area (Å²) < 4.78 is 5.14. The lowest BCUT2D eigenvalue weighted by Crippen LogP contribution is -2.49.